The quantitative estimate of drug-likeness (QED) is 0.213. The Morgan fingerprint density at radius 1 is 0.490 bits per heavy atom. The molecule has 1 fully saturated rings. The maximum atomic E-state index is 4.85. The third-order valence-corrected chi connectivity index (χ3v) is 8.97. The number of hydrogen-bond donors (Lipinski definition) is 6. The summed E-state index contributed by atoms with van der Waals surface area (Å²) >= 11 is 0. The van der Waals surface area contributed by atoms with Crippen molar-refractivity contribution >= 4 is 46.9 Å². The van der Waals surface area contributed by atoms with Crippen LogP contribution in [0.15, 0.2) is 78.5 Å². The van der Waals surface area contributed by atoms with Crippen LogP contribution in [0.25, 0.3) is 0 Å². The summed E-state index contributed by atoms with van der Waals surface area (Å²) in [5.74, 6) is 4.34. The van der Waals surface area contributed by atoms with E-state index in [2.05, 4.69) is 110 Å². The minimum Gasteiger partial charge on any atom is -0.370 e. The van der Waals surface area contributed by atoms with Gasteiger partial charge in [-0.05, 0) is 80.6 Å². The summed E-state index contributed by atoms with van der Waals surface area (Å²) in [6.07, 6.45) is 5.20. The summed E-state index contributed by atoms with van der Waals surface area (Å²) in [6, 6.07) is 17.4. The molecule has 0 amide bonds. The van der Waals surface area contributed by atoms with Crippen molar-refractivity contribution in [3.63, 3.8) is 0 Å². The van der Waals surface area contributed by atoms with Gasteiger partial charge in [-0.3, -0.25) is 20.0 Å². The van der Waals surface area contributed by atoms with Gasteiger partial charge in [0.2, 0.25) is 11.9 Å². The molecule has 14 heteroatoms. The summed E-state index contributed by atoms with van der Waals surface area (Å²) in [4.78, 5) is 33.0. The molecular formula is C35H48N14. The average Bonchev–Trinajstić information content (AvgIpc) is 3.43. The highest BCUT2D eigenvalue weighted by atomic mass is 15.3. The second-order valence-corrected chi connectivity index (χ2v) is 12.6. The number of benzene rings is 2. The zero-order valence-corrected chi connectivity index (χ0v) is 28.2. The number of rotatable bonds is 4. The second kappa shape index (κ2) is 16.3. The first-order valence-electron chi connectivity index (χ1n) is 17.8. The second-order valence-electron chi connectivity index (χ2n) is 12.6. The van der Waals surface area contributed by atoms with E-state index in [1.54, 1.807) is 0 Å². The van der Waals surface area contributed by atoms with Crippen LogP contribution in [0.5, 0.6) is 0 Å². The molecule has 5 aliphatic rings. The molecule has 0 radical (unpaired) electrons. The van der Waals surface area contributed by atoms with Gasteiger partial charge >= 0.3 is 0 Å². The van der Waals surface area contributed by atoms with Gasteiger partial charge in [0.15, 0.2) is 11.9 Å². The van der Waals surface area contributed by atoms with Gasteiger partial charge in [-0.15, -0.1) is 0 Å². The first-order valence-corrected chi connectivity index (χ1v) is 17.8. The third kappa shape index (κ3) is 8.86. The maximum absolute atomic E-state index is 4.85. The number of aliphatic imine (C=N–C) groups is 6. The molecule has 2 aromatic rings. The fourth-order valence-electron chi connectivity index (χ4n) is 6.28. The Kier molecular flexibility index (Phi) is 10.8. The van der Waals surface area contributed by atoms with Crippen LogP contribution in [-0.2, 0) is 0 Å². The summed E-state index contributed by atoms with van der Waals surface area (Å²) in [7, 11) is 0. The van der Waals surface area contributed by atoms with Crippen LogP contribution in [0.2, 0.25) is 0 Å². The molecule has 0 aromatic heterocycles. The molecule has 2 aromatic carbocycles. The number of guanidine groups is 4. The van der Waals surface area contributed by atoms with Gasteiger partial charge in [0.1, 0.15) is 11.7 Å². The van der Waals surface area contributed by atoms with Crippen molar-refractivity contribution in [1.29, 1.82) is 0 Å². The Bertz CT molecular complexity index is 1490. The summed E-state index contributed by atoms with van der Waals surface area (Å²) in [6.45, 7) is 10.7. The molecule has 258 valence electrons. The van der Waals surface area contributed by atoms with E-state index in [1.165, 1.54) is 11.4 Å². The number of anilines is 2. The number of amidine groups is 2. The number of nitrogens with one attached hydrogen (secondary N) is 6. The predicted octanol–water partition coefficient (Wildman–Crippen LogP) is 1.47. The molecular weight excluding hydrogens is 616 g/mol. The van der Waals surface area contributed by atoms with Gasteiger partial charge in [0.05, 0.1) is 0 Å². The first-order chi connectivity index (χ1) is 24.3. The molecule has 14 nitrogen and oxygen atoms in total. The van der Waals surface area contributed by atoms with Crippen LogP contribution in [0.4, 0.5) is 11.4 Å². The topological polar surface area (TPSA) is 153 Å². The van der Waals surface area contributed by atoms with Crippen LogP contribution >= 0.6 is 0 Å². The van der Waals surface area contributed by atoms with Crippen molar-refractivity contribution < 1.29 is 0 Å². The summed E-state index contributed by atoms with van der Waals surface area (Å²) < 4.78 is 0. The molecule has 0 unspecified atom stereocenters. The lowest BCUT2D eigenvalue weighted by Gasteiger charge is -2.25. The highest BCUT2D eigenvalue weighted by Crippen LogP contribution is 2.22. The van der Waals surface area contributed by atoms with E-state index in [4.69, 9.17) is 9.98 Å². The Balaban J connectivity index is 1.01. The van der Waals surface area contributed by atoms with Crippen LogP contribution in [0.3, 0.4) is 0 Å². The fourth-order valence-corrected chi connectivity index (χ4v) is 6.28. The van der Waals surface area contributed by atoms with Gasteiger partial charge in [-0.1, -0.05) is 0 Å². The van der Waals surface area contributed by atoms with Crippen LogP contribution < -0.4 is 41.7 Å². The molecule has 0 saturated carbocycles. The van der Waals surface area contributed by atoms with E-state index in [9.17, 15) is 0 Å². The van der Waals surface area contributed by atoms with Gasteiger partial charge in [0.25, 0.3) is 0 Å². The van der Waals surface area contributed by atoms with Gasteiger partial charge < -0.3 is 41.7 Å². The summed E-state index contributed by atoms with van der Waals surface area (Å²) in [5, 5.41) is 20.2. The smallest absolute Gasteiger partial charge is 0.219 e. The minimum absolute atomic E-state index is 0.668. The predicted molar refractivity (Wildman–Crippen MR) is 201 cm³/mol. The van der Waals surface area contributed by atoms with E-state index in [0.29, 0.717) is 11.9 Å². The van der Waals surface area contributed by atoms with Crippen molar-refractivity contribution in [2.45, 2.75) is 32.1 Å². The zero-order valence-electron chi connectivity index (χ0n) is 28.2. The van der Waals surface area contributed by atoms with Gasteiger partial charge in [0, 0.05) is 101 Å². The maximum Gasteiger partial charge on any atom is 0.219 e. The van der Waals surface area contributed by atoms with Crippen LogP contribution in [0, 0.1) is 0 Å². The van der Waals surface area contributed by atoms with E-state index in [-0.39, 0.29) is 0 Å². The lowest BCUT2D eigenvalue weighted by Crippen LogP contribution is -2.45. The van der Waals surface area contributed by atoms with Crippen molar-refractivity contribution in [3.8, 4) is 0 Å². The molecule has 7 rings (SSSR count). The molecule has 0 atom stereocenters. The Hall–Kier alpha value is -5.14. The highest BCUT2D eigenvalue weighted by molar-refractivity contribution is 6.14. The largest absolute Gasteiger partial charge is 0.370 e. The third-order valence-electron chi connectivity index (χ3n) is 8.97. The molecule has 5 heterocycles. The monoisotopic (exact) mass is 664 g/mol. The normalized spacial score (nSPS) is 20.6. The Morgan fingerprint density at radius 2 is 0.898 bits per heavy atom. The van der Waals surface area contributed by atoms with E-state index >= 15 is 0 Å². The SMILES string of the molecule is c1cc(N2CCCN(c3ccc(/C(=N\C4=NCCCN4)NC4=NCCCN4)cc3)CC2)ccc1/C(=N\C1=NCCCN1)NC1=NCCCN1. The molecule has 0 spiro atoms. The van der Waals surface area contributed by atoms with Crippen molar-refractivity contribution in [1.82, 2.24) is 31.9 Å². The van der Waals surface area contributed by atoms with Gasteiger partial charge in [-0.2, -0.15) is 9.98 Å². The Labute approximate surface area is 288 Å². The van der Waals surface area contributed by atoms with E-state index in [1.807, 2.05) is 0 Å². The summed E-state index contributed by atoms with van der Waals surface area (Å²) in [5.41, 5.74) is 4.43. The lowest BCUT2D eigenvalue weighted by atomic mass is 10.1. The minimum atomic E-state index is 0.668. The van der Waals surface area contributed by atoms with E-state index < -0.39 is 0 Å². The molecule has 1 saturated heterocycles. The van der Waals surface area contributed by atoms with Crippen LogP contribution in [-0.4, -0.2) is 114 Å². The average molecular weight is 665 g/mol. The molecule has 0 bridgehead atoms. The number of nitrogens with zero attached hydrogens (tertiary/aromatic N) is 8. The van der Waals surface area contributed by atoms with E-state index in [0.717, 1.165) is 145 Å². The molecule has 49 heavy (non-hydrogen) atoms. The zero-order chi connectivity index (χ0) is 33.1. The molecule has 5 aliphatic heterocycles. The van der Waals surface area contributed by atoms with Crippen LogP contribution in [0.1, 0.15) is 43.2 Å². The standard InChI is InChI=1S/C35H48N14/c1-14-36-32(37-15-1)44-30(45-33-38-16-2-17-39-33)26-6-10-28(11-7-26)48-22-5-23-49(25-24-48)29-12-8-27(9-13-29)31(46-34-40-18-3-19-41-34)47-35-42-20-4-21-43-35/h6-13H,1-5,14-25H2,(H3,36,37,38,39,44,45)(H3,40,41,42,43,46,47). The van der Waals surface area contributed by atoms with Crippen molar-refractivity contribution in [3.05, 3.63) is 59.7 Å². The Morgan fingerprint density at radius 3 is 1.27 bits per heavy atom. The van der Waals surface area contributed by atoms with Crippen molar-refractivity contribution in [2.24, 2.45) is 30.0 Å². The van der Waals surface area contributed by atoms with Crippen molar-refractivity contribution in [2.75, 3.05) is 88.3 Å². The fraction of sp³-hybridized carbons (Fsp3) is 0.486. The molecule has 0 aliphatic carbocycles. The number of hydrogen-bond acceptors (Lipinski definition) is 12. The molecule has 6 N–H and O–H groups in total. The first kappa shape index (κ1) is 32.4. The highest BCUT2D eigenvalue weighted by Gasteiger charge is 2.19. The van der Waals surface area contributed by atoms with Gasteiger partial charge in [-0.25, -0.2) is 0 Å². The lowest BCUT2D eigenvalue weighted by molar-refractivity contribution is 0.726.